The molecule has 1 aromatic carbocycles. The van der Waals surface area contributed by atoms with E-state index in [1.54, 1.807) is 0 Å². The normalized spacial score (nSPS) is 12.9. The Morgan fingerprint density at radius 3 is 1.92 bits per heavy atom. The molecule has 0 saturated heterocycles. The number of unbranched alkanes of at least 4 members (excludes halogenated alkanes) is 9. The summed E-state index contributed by atoms with van der Waals surface area (Å²) in [6, 6.07) is 10.8. The van der Waals surface area contributed by atoms with Gasteiger partial charge in [-0.15, -0.1) is 0 Å². The molecule has 1 unspecified atom stereocenters. The predicted octanol–water partition coefficient (Wildman–Crippen LogP) is 6.84. The molecule has 0 aliphatic rings. The van der Waals surface area contributed by atoms with Crippen molar-refractivity contribution in [2.24, 2.45) is 0 Å². The van der Waals surface area contributed by atoms with Crippen LogP contribution in [0.1, 0.15) is 84.5 Å². The average molecular weight is 363 g/mol. The molecular weight excluding hydrogens is 318 g/mol. The molecule has 0 aliphatic carbocycles. The highest BCUT2D eigenvalue weighted by Crippen LogP contribution is 2.16. The van der Waals surface area contributed by atoms with Gasteiger partial charge in [-0.3, -0.25) is 0 Å². The molecule has 1 aromatic rings. The lowest BCUT2D eigenvalue weighted by molar-refractivity contribution is -0.913. The van der Waals surface area contributed by atoms with Gasteiger partial charge in [-0.25, -0.2) is 0 Å². The van der Waals surface area contributed by atoms with Crippen LogP contribution >= 0.6 is 0 Å². The van der Waals surface area contributed by atoms with Crippen molar-refractivity contribution >= 4 is 0 Å². The molecule has 1 rings (SSSR count). The number of quaternary nitrogens is 1. The molecule has 1 atom stereocenters. The smallest absolute Gasteiger partial charge is 0.119 e. The van der Waals surface area contributed by atoms with Crippen molar-refractivity contribution in [2.45, 2.75) is 90.5 Å². The highest BCUT2D eigenvalue weighted by Gasteiger charge is 2.23. The van der Waals surface area contributed by atoms with E-state index in [0.29, 0.717) is 6.04 Å². The molecule has 0 fully saturated rings. The maximum atomic E-state index is 5.87. The Labute approximate surface area is 163 Å². The molecule has 26 heavy (non-hydrogen) atoms. The zero-order valence-electron chi connectivity index (χ0n) is 18.0. The highest BCUT2D eigenvalue weighted by molar-refractivity contribution is 5.20. The molecule has 0 radical (unpaired) electrons. The Morgan fingerprint density at radius 1 is 0.808 bits per heavy atom. The summed E-state index contributed by atoms with van der Waals surface area (Å²) in [5, 5.41) is 0. The minimum atomic E-state index is 0.636. The molecule has 0 N–H and O–H groups in total. The quantitative estimate of drug-likeness (QED) is 0.231. The van der Waals surface area contributed by atoms with E-state index in [1.165, 1.54) is 70.8 Å². The molecular formula is C24H44NO+. The van der Waals surface area contributed by atoms with Gasteiger partial charge in [-0.2, -0.15) is 0 Å². The van der Waals surface area contributed by atoms with Crippen molar-refractivity contribution in [3.05, 3.63) is 30.3 Å². The molecule has 2 nitrogen and oxygen atoms in total. The van der Waals surface area contributed by atoms with Gasteiger partial charge in [-0.1, -0.05) is 76.5 Å². The van der Waals surface area contributed by atoms with Crippen molar-refractivity contribution in [3.63, 3.8) is 0 Å². The number of nitrogens with zero attached hydrogens (tertiary/aromatic N) is 1. The zero-order valence-corrected chi connectivity index (χ0v) is 18.0. The van der Waals surface area contributed by atoms with Crippen LogP contribution in [-0.4, -0.2) is 37.8 Å². The third-order valence-corrected chi connectivity index (χ3v) is 5.83. The van der Waals surface area contributed by atoms with E-state index >= 15 is 0 Å². The number of para-hydroxylation sites is 1. The van der Waals surface area contributed by atoms with Gasteiger partial charge >= 0.3 is 0 Å². The molecule has 0 heterocycles. The first-order valence-electron chi connectivity index (χ1n) is 11.1. The number of benzene rings is 1. The minimum absolute atomic E-state index is 0.636. The topological polar surface area (TPSA) is 9.23 Å². The van der Waals surface area contributed by atoms with Crippen molar-refractivity contribution in [1.29, 1.82) is 0 Å². The van der Waals surface area contributed by atoms with Crippen LogP contribution < -0.4 is 4.74 Å². The summed E-state index contributed by atoms with van der Waals surface area (Å²) in [5.74, 6) is 0.986. The van der Waals surface area contributed by atoms with Crippen molar-refractivity contribution in [2.75, 3.05) is 27.2 Å². The van der Waals surface area contributed by atoms with Crippen LogP contribution in [0.5, 0.6) is 5.75 Å². The first kappa shape index (κ1) is 23.0. The molecule has 2 heteroatoms. The largest absolute Gasteiger partial charge is 0.493 e. The number of ether oxygens (including phenoxy) is 1. The lowest BCUT2D eigenvalue weighted by Gasteiger charge is -2.36. The Morgan fingerprint density at radius 2 is 1.35 bits per heavy atom. The first-order valence-corrected chi connectivity index (χ1v) is 11.1. The van der Waals surface area contributed by atoms with Crippen LogP contribution in [0.4, 0.5) is 0 Å². The van der Waals surface area contributed by atoms with Crippen LogP contribution in [-0.2, 0) is 0 Å². The second-order valence-electron chi connectivity index (χ2n) is 8.48. The van der Waals surface area contributed by atoms with Crippen LogP contribution in [0.15, 0.2) is 30.3 Å². The Bertz CT molecular complexity index is 429. The summed E-state index contributed by atoms with van der Waals surface area (Å²) in [4.78, 5) is 0. The molecule has 150 valence electrons. The summed E-state index contributed by atoms with van der Waals surface area (Å²) >= 11 is 0. The second kappa shape index (κ2) is 14.1. The van der Waals surface area contributed by atoms with E-state index in [4.69, 9.17) is 4.74 Å². The Kier molecular flexibility index (Phi) is 12.5. The monoisotopic (exact) mass is 362 g/mol. The second-order valence-corrected chi connectivity index (χ2v) is 8.48. The van der Waals surface area contributed by atoms with Gasteiger partial charge in [0.05, 0.1) is 33.3 Å². The van der Waals surface area contributed by atoms with E-state index < -0.39 is 0 Å². The van der Waals surface area contributed by atoms with Gasteiger partial charge in [0.25, 0.3) is 0 Å². The summed E-state index contributed by atoms with van der Waals surface area (Å²) < 4.78 is 6.97. The third kappa shape index (κ3) is 10.9. The molecule has 0 aliphatic heterocycles. The summed E-state index contributed by atoms with van der Waals surface area (Å²) in [6.45, 7) is 6.75. The fourth-order valence-corrected chi connectivity index (χ4v) is 3.44. The first-order chi connectivity index (χ1) is 12.6. The van der Waals surface area contributed by atoms with Gasteiger partial charge in [0, 0.05) is 6.42 Å². The highest BCUT2D eigenvalue weighted by atomic mass is 16.5. The summed E-state index contributed by atoms with van der Waals surface area (Å²) in [7, 11) is 4.75. The van der Waals surface area contributed by atoms with Gasteiger partial charge in [0.1, 0.15) is 5.75 Å². The number of rotatable bonds is 16. The molecule has 0 amide bonds. The third-order valence-electron chi connectivity index (χ3n) is 5.83. The maximum absolute atomic E-state index is 5.87. The van der Waals surface area contributed by atoms with Crippen LogP contribution in [0, 0.1) is 0 Å². The Hall–Kier alpha value is -1.02. The molecule has 0 bridgehead atoms. The van der Waals surface area contributed by atoms with Crippen molar-refractivity contribution < 1.29 is 9.22 Å². The molecule has 0 aromatic heterocycles. The van der Waals surface area contributed by atoms with Crippen molar-refractivity contribution in [3.8, 4) is 5.75 Å². The SMILES string of the molecule is CCCCCCCCCCCC[N+](C)(C)C(C)CCOc1ccccc1. The molecule has 0 spiro atoms. The van der Waals surface area contributed by atoms with E-state index in [-0.39, 0.29) is 0 Å². The van der Waals surface area contributed by atoms with Crippen LogP contribution in [0.25, 0.3) is 0 Å². The van der Waals surface area contributed by atoms with Gasteiger partial charge in [-0.05, 0) is 31.9 Å². The lowest BCUT2D eigenvalue weighted by atomic mass is 10.1. The standard InChI is InChI=1S/C24H44NO/c1-5-6-7-8-9-10-11-12-13-17-21-25(3,4)23(2)20-22-26-24-18-15-14-16-19-24/h14-16,18-19,23H,5-13,17,20-22H2,1-4H3/q+1. The van der Waals surface area contributed by atoms with Crippen LogP contribution in [0.2, 0.25) is 0 Å². The summed E-state index contributed by atoms with van der Waals surface area (Å²) in [5.41, 5.74) is 0. The summed E-state index contributed by atoms with van der Waals surface area (Å²) in [6.07, 6.45) is 15.2. The van der Waals surface area contributed by atoms with E-state index in [0.717, 1.165) is 23.3 Å². The maximum Gasteiger partial charge on any atom is 0.119 e. The Balaban J connectivity index is 2.03. The van der Waals surface area contributed by atoms with Crippen LogP contribution in [0.3, 0.4) is 0 Å². The van der Waals surface area contributed by atoms with Crippen molar-refractivity contribution in [1.82, 2.24) is 0 Å². The zero-order chi connectivity index (χ0) is 19.1. The van der Waals surface area contributed by atoms with Gasteiger partial charge < -0.3 is 9.22 Å². The fraction of sp³-hybridized carbons (Fsp3) is 0.750. The average Bonchev–Trinajstić information content (AvgIpc) is 2.64. The van der Waals surface area contributed by atoms with E-state index in [9.17, 15) is 0 Å². The number of hydrogen-bond acceptors (Lipinski definition) is 1. The fourth-order valence-electron chi connectivity index (χ4n) is 3.44. The van der Waals surface area contributed by atoms with Gasteiger partial charge in [0.2, 0.25) is 0 Å². The lowest BCUT2D eigenvalue weighted by Crippen LogP contribution is -2.48. The van der Waals surface area contributed by atoms with E-state index in [2.05, 4.69) is 27.9 Å². The van der Waals surface area contributed by atoms with Gasteiger partial charge in [0.15, 0.2) is 0 Å². The number of hydrogen-bond donors (Lipinski definition) is 0. The van der Waals surface area contributed by atoms with E-state index in [1.807, 2.05) is 30.3 Å². The molecule has 0 saturated carbocycles. The predicted molar refractivity (Wildman–Crippen MR) is 115 cm³/mol. The minimum Gasteiger partial charge on any atom is -0.493 e.